The number of fused-ring (bicyclic) bond motifs is 1. The first-order valence-corrected chi connectivity index (χ1v) is 13.7. The van der Waals surface area contributed by atoms with Gasteiger partial charge in [-0.25, -0.2) is 17.6 Å². The van der Waals surface area contributed by atoms with Gasteiger partial charge in [0, 0.05) is 31.4 Å². The van der Waals surface area contributed by atoms with Gasteiger partial charge in [0.1, 0.15) is 5.60 Å². The fraction of sp³-hybridized carbons (Fsp3) is 0.708. The molecule has 3 fully saturated rings. The van der Waals surface area contributed by atoms with Crippen molar-refractivity contribution in [2.45, 2.75) is 81.5 Å². The van der Waals surface area contributed by atoms with Crippen LogP contribution < -0.4 is 4.74 Å². The van der Waals surface area contributed by atoms with Crippen LogP contribution in [0.3, 0.4) is 0 Å². The third-order valence-electron chi connectivity index (χ3n) is 6.87. The van der Waals surface area contributed by atoms with Crippen LogP contribution in [-0.4, -0.2) is 74.0 Å². The van der Waals surface area contributed by atoms with Gasteiger partial charge in [-0.15, -0.1) is 0 Å². The molecule has 0 spiro atoms. The maximum Gasteiger partial charge on any atom is 0.410 e. The topological polar surface area (TPSA) is 76.2 Å². The highest BCUT2D eigenvalue weighted by molar-refractivity contribution is 7.90. The molecule has 3 aliphatic rings. The van der Waals surface area contributed by atoms with E-state index in [0.29, 0.717) is 31.2 Å². The Bertz CT molecular complexity index is 985. The van der Waals surface area contributed by atoms with Crippen molar-refractivity contribution in [3.8, 4) is 5.75 Å². The van der Waals surface area contributed by atoms with Gasteiger partial charge in [0.25, 0.3) is 0 Å². The smallest absolute Gasteiger partial charge is 0.410 e. The fourth-order valence-electron chi connectivity index (χ4n) is 5.10. The van der Waals surface area contributed by atoms with Crippen LogP contribution in [0.5, 0.6) is 5.75 Å². The second-order valence-electron chi connectivity index (χ2n) is 10.6. The Labute approximate surface area is 196 Å². The molecule has 1 aliphatic heterocycles. The zero-order valence-corrected chi connectivity index (χ0v) is 20.7. The van der Waals surface area contributed by atoms with Crippen LogP contribution in [0.15, 0.2) is 23.1 Å². The first kappa shape index (κ1) is 24.3. The molecule has 2 saturated carbocycles. The third kappa shape index (κ3) is 5.80. The van der Waals surface area contributed by atoms with E-state index in [4.69, 9.17) is 9.47 Å². The minimum atomic E-state index is -3.44. The average Bonchev–Trinajstić information content (AvgIpc) is 3.51. The van der Waals surface area contributed by atoms with Crippen LogP contribution in [0.1, 0.15) is 52.9 Å². The monoisotopic (exact) mass is 482 g/mol. The molecule has 2 aliphatic carbocycles. The Balaban J connectivity index is 1.23. The van der Waals surface area contributed by atoms with Crippen molar-refractivity contribution >= 4 is 15.9 Å². The Morgan fingerprint density at radius 1 is 1.12 bits per heavy atom. The molecule has 1 aromatic rings. The van der Waals surface area contributed by atoms with Gasteiger partial charge in [-0.3, -0.25) is 4.90 Å². The van der Waals surface area contributed by atoms with Crippen molar-refractivity contribution in [2.24, 2.45) is 5.92 Å². The number of piperazine rings is 1. The van der Waals surface area contributed by atoms with Crippen LogP contribution in [-0.2, 0) is 14.6 Å². The second kappa shape index (κ2) is 9.06. The first-order valence-electron chi connectivity index (χ1n) is 11.8. The minimum absolute atomic E-state index is 0.0435. The molecule has 1 heterocycles. The van der Waals surface area contributed by atoms with E-state index in [2.05, 4.69) is 4.90 Å². The Morgan fingerprint density at radius 3 is 2.42 bits per heavy atom. The van der Waals surface area contributed by atoms with Gasteiger partial charge in [0.05, 0.1) is 17.5 Å². The summed E-state index contributed by atoms with van der Waals surface area (Å²) in [6.45, 7) is 7.71. The molecule has 0 radical (unpaired) electrons. The second-order valence-corrected chi connectivity index (χ2v) is 12.6. The van der Waals surface area contributed by atoms with E-state index in [-0.39, 0.29) is 22.8 Å². The molecule has 1 aromatic carbocycles. The number of hydrogen-bond donors (Lipinski definition) is 0. The van der Waals surface area contributed by atoms with E-state index in [9.17, 15) is 17.6 Å². The highest BCUT2D eigenvalue weighted by atomic mass is 32.2. The van der Waals surface area contributed by atoms with Crippen LogP contribution in [0.25, 0.3) is 0 Å². The largest absolute Gasteiger partial charge is 0.490 e. The summed E-state index contributed by atoms with van der Waals surface area (Å²) in [4.78, 5) is 16.9. The van der Waals surface area contributed by atoms with Crippen molar-refractivity contribution in [1.82, 2.24) is 9.80 Å². The number of halogens is 1. The standard InChI is InChI=1S/C24H35FN2O5S/c1-24(2,3)32-23(28)27-12-11-26(20-14-21(20)27)17-7-5-16(6-8-17)15-31-22-10-9-18(13-19(22)25)33(4,29)30/h9-10,13,16-17,20-21H,5-8,11-12,14-15H2,1-4H3/t16?,17?,20-,21+/m1/s1. The molecule has 1 amide bonds. The third-order valence-corrected chi connectivity index (χ3v) is 7.98. The average molecular weight is 483 g/mol. The highest BCUT2D eigenvalue weighted by Gasteiger charge is 2.53. The Kier molecular flexibility index (Phi) is 6.66. The molecule has 0 N–H and O–H groups in total. The van der Waals surface area contributed by atoms with Crippen LogP contribution in [0.2, 0.25) is 0 Å². The summed E-state index contributed by atoms with van der Waals surface area (Å²) in [6, 6.07) is 5.02. The van der Waals surface area contributed by atoms with E-state index in [0.717, 1.165) is 51.0 Å². The fourth-order valence-corrected chi connectivity index (χ4v) is 5.73. The molecule has 9 heteroatoms. The predicted molar refractivity (Wildman–Crippen MR) is 123 cm³/mol. The van der Waals surface area contributed by atoms with Crippen molar-refractivity contribution < 1.29 is 27.1 Å². The highest BCUT2D eigenvalue weighted by Crippen LogP contribution is 2.41. The molecule has 7 nitrogen and oxygen atoms in total. The van der Waals surface area contributed by atoms with Crippen molar-refractivity contribution in [1.29, 1.82) is 0 Å². The maximum absolute atomic E-state index is 14.2. The van der Waals surface area contributed by atoms with Gasteiger partial charge in [0.15, 0.2) is 21.4 Å². The molecular formula is C24H35FN2O5S. The number of carbonyl (C=O) groups is 1. The van der Waals surface area contributed by atoms with Crippen molar-refractivity contribution in [2.75, 3.05) is 26.0 Å². The van der Waals surface area contributed by atoms with Crippen LogP contribution >= 0.6 is 0 Å². The molecule has 0 aromatic heterocycles. The SMILES string of the molecule is CC(C)(C)OC(=O)N1CCN(C2CCC(COc3ccc(S(C)(=O)=O)cc3F)CC2)[C@@H]2C[C@@H]21. The summed E-state index contributed by atoms with van der Waals surface area (Å²) in [5.41, 5.74) is -0.474. The first-order chi connectivity index (χ1) is 15.4. The molecule has 0 bridgehead atoms. The number of benzene rings is 1. The van der Waals surface area contributed by atoms with Gasteiger partial charge in [-0.2, -0.15) is 0 Å². The number of amides is 1. The van der Waals surface area contributed by atoms with Gasteiger partial charge in [-0.05, 0) is 77.0 Å². The van der Waals surface area contributed by atoms with E-state index >= 15 is 0 Å². The lowest BCUT2D eigenvalue weighted by atomic mass is 9.85. The van der Waals surface area contributed by atoms with Gasteiger partial charge in [-0.1, -0.05) is 0 Å². The maximum atomic E-state index is 14.2. The molecule has 2 atom stereocenters. The molecule has 33 heavy (non-hydrogen) atoms. The van der Waals surface area contributed by atoms with E-state index in [1.165, 1.54) is 12.1 Å². The Hall–Kier alpha value is -1.87. The summed E-state index contributed by atoms with van der Waals surface area (Å²) in [5.74, 6) is -0.189. The van der Waals surface area contributed by atoms with Crippen LogP contribution in [0.4, 0.5) is 9.18 Å². The van der Waals surface area contributed by atoms with Gasteiger partial charge < -0.3 is 14.4 Å². The number of sulfone groups is 1. The van der Waals surface area contributed by atoms with E-state index < -0.39 is 21.3 Å². The number of ether oxygens (including phenoxy) is 2. The minimum Gasteiger partial charge on any atom is -0.490 e. The van der Waals surface area contributed by atoms with Gasteiger partial charge >= 0.3 is 6.09 Å². The lowest BCUT2D eigenvalue weighted by Gasteiger charge is -2.41. The van der Waals surface area contributed by atoms with E-state index in [1.54, 1.807) is 0 Å². The lowest BCUT2D eigenvalue weighted by molar-refractivity contribution is 0.00528. The summed E-state index contributed by atoms with van der Waals surface area (Å²) >= 11 is 0. The van der Waals surface area contributed by atoms with Gasteiger partial charge in [0.2, 0.25) is 0 Å². The Morgan fingerprint density at radius 2 is 1.82 bits per heavy atom. The summed E-state index contributed by atoms with van der Waals surface area (Å²) in [5, 5.41) is 0. The lowest BCUT2D eigenvalue weighted by Crippen LogP contribution is -2.53. The zero-order chi connectivity index (χ0) is 24.0. The number of rotatable bonds is 5. The zero-order valence-electron chi connectivity index (χ0n) is 19.9. The van der Waals surface area contributed by atoms with E-state index in [1.807, 2.05) is 25.7 Å². The molecule has 4 rings (SSSR count). The van der Waals surface area contributed by atoms with Crippen molar-refractivity contribution in [3.05, 3.63) is 24.0 Å². The normalized spacial score (nSPS) is 28.2. The molecule has 184 valence electrons. The van der Waals surface area contributed by atoms with Crippen molar-refractivity contribution in [3.63, 3.8) is 0 Å². The predicted octanol–water partition coefficient (Wildman–Crippen LogP) is 3.86. The molecule has 0 unspecified atom stereocenters. The summed E-state index contributed by atoms with van der Waals surface area (Å²) in [6.07, 6.45) is 6.03. The number of hydrogen-bond acceptors (Lipinski definition) is 6. The molecular weight excluding hydrogens is 447 g/mol. The quantitative estimate of drug-likeness (QED) is 0.634. The number of nitrogens with zero attached hydrogens (tertiary/aromatic N) is 2. The summed E-state index contributed by atoms with van der Waals surface area (Å²) < 4.78 is 48.6. The van der Waals surface area contributed by atoms with Crippen LogP contribution in [0, 0.1) is 11.7 Å². The number of carbonyl (C=O) groups excluding carboxylic acids is 1. The molecule has 1 saturated heterocycles. The summed E-state index contributed by atoms with van der Waals surface area (Å²) in [7, 11) is -3.44.